The summed E-state index contributed by atoms with van der Waals surface area (Å²) in [5.74, 6) is -4.31. The number of benzene rings is 1. The highest BCUT2D eigenvalue weighted by molar-refractivity contribution is 6.30. The second-order valence-corrected chi connectivity index (χ2v) is 3.63. The second-order valence-electron chi connectivity index (χ2n) is 3.22. The van der Waals surface area contributed by atoms with E-state index in [0.717, 1.165) is 10.7 Å². The molecule has 0 aliphatic heterocycles. The third-order valence-electron chi connectivity index (χ3n) is 2.05. The molecule has 2 rings (SSSR count). The first-order valence-electron chi connectivity index (χ1n) is 4.36. The third kappa shape index (κ3) is 1.67. The third-order valence-corrected chi connectivity index (χ3v) is 2.33. The van der Waals surface area contributed by atoms with Crippen LogP contribution in [0.5, 0.6) is 0 Å². The van der Waals surface area contributed by atoms with Crippen molar-refractivity contribution in [2.75, 3.05) is 0 Å². The molecule has 84 valence electrons. The first kappa shape index (κ1) is 11.0. The van der Waals surface area contributed by atoms with Crippen LogP contribution in [0.3, 0.4) is 0 Å². The van der Waals surface area contributed by atoms with Gasteiger partial charge in [0.2, 0.25) is 0 Å². The van der Waals surface area contributed by atoms with Crippen molar-refractivity contribution in [2.45, 2.75) is 6.92 Å². The van der Waals surface area contributed by atoms with Gasteiger partial charge in [-0.15, -0.1) is 0 Å². The van der Waals surface area contributed by atoms with Crippen LogP contribution in [0.4, 0.5) is 13.2 Å². The summed E-state index contributed by atoms with van der Waals surface area (Å²) in [6, 6.07) is 2.59. The Bertz CT molecular complexity index is 551. The van der Waals surface area contributed by atoms with Crippen LogP contribution >= 0.6 is 11.6 Å². The largest absolute Gasteiger partial charge is 0.238 e. The highest BCUT2D eigenvalue weighted by Gasteiger charge is 2.19. The monoisotopic (exact) mass is 246 g/mol. The lowest BCUT2D eigenvalue weighted by atomic mass is 10.3. The lowest BCUT2D eigenvalue weighted by Gasteiger charge is -2.06. The van der Waals surface area contributed by atoms with Crippen LogP contribution in [0.15, 0.2) is 18.3 Å². The fourth-order valence-electron chi connectivity index (χ4n) is 1.28. The van der Waals surface area contributed by atoms with Crippen molar-refractivity contribution in [1.82, 2.24) is 9.78 Å². The summed E-state index contributed by atoms with van der Waals surface area (Å²) in [5.41, 5.74) is 0.400. The van der Waals surface area contributed by atoms with Gasteiger partial charge in [-0.2, -0.15) is 5.10 Å². The number of halogens is 4. The molecule has 1 heterocycles. The van der Waals surface area contributed by atoms with Gasteiger partial charge < -0.3 is 0 Å². The predicted octanol–water partition coefficient (Wildman–Crippen LogP) is 3.25. The van der Waals surface area contributed by atoms with E-state index in [4.69, 9.17) is 11.6 Å². The normalized spacial score (nSPS) is 10.8. The Hall–Kier alpha value is -1.49. The van der Waals surface area contributed by atoms with E-state index in [1.807, 2.05) is 0 Å². The van der Waals surface area contributed by atoms with Gasteiger partial charge in [0.15, 0.2) is 17.5 Å². The van der Waals surface area contributed by atoms with Crippen molar-refractivity contribution in [3.8, 4) is 5.69 Å². The summed E-state index contributed by atoms with van der Waals surface area (Å²) in [5, 5.41) is 3.40. The minimum absolute atomic E-state index is 0.225. The smallest absolute Gasteiger partial charge is 0.198 e. The molecule has 6 heteroatoms. The van der Waals surface area contributed by atoms with Gasteiger partial charge in [0.05, 0.1) is 10.7 Å². The molecule has 0 spiro atoms. The Balaban J connectivity index is 2.66. The topological polar surface area (TPSA) is 17.8 Å². The lowest BCUT2D eigenvalue weighted by molar-refractivity contribution is 0.443. The molecule has 0 unspecified atom stereocenters. The first-order valence-corrected chi connectivity index (χ1v) is 4.74. The summed E-state index contributed by atoms with van der Waals surface area (Å²) in [4.78, 5) is 0. The maximum absolute atomic E-state index is 13.4. The SMILES string of the molecule is Cc1ccn(-c2cc(Cl)c(F)c(F)c2F)n1. The van der Waals surface area contributed by atoms with E-state index in [2.05, 4.69) is 5.10 Å². The summed E-state index contributed by atoms with van der Waals surface area (Å²) < 4.78 is 40.5. The van der Waals surface area contributed by atoms with E-state index in [9.17, 15) is 13.2 Å². The minimum atomic E-state index is -1.60. The van der Waals surface area contributed by atoms with E-state index in [1.165, 1.54) is 6.20 Å². The van der Waals surface area contributed by atoms with Crippen LogP contribution in [-0.2, 0) is 0 Å². The molecule has 0 N–H and O–H groups in total. The molecule has 0 aliphatic rings. The first-order chi connectivity index (χ1) is 7.50. The summed E-state index contributed by atoms with van der Waals surface area (Å²) in [7, 11) is 0. The summed E-state index contributed by atoms with van der Waals surface area (Å²) in [6.45, 7) is 1.69. The molecule has 1 aromatic carbocycles. The molecule has 0 saturated carbocycles. The van der Waals surface area contributed by atoms with Crippen LogP contribution in [0, 0.1) is 24.4 Å². The van der Waals surface area contributed by atoms with E-state index < -0.39 is 22.5 Å². The average Bonchev–Trinajstić information content (AvgIpc) is 2.67. The molecule has 0 bridgehead atoms. The molecule has 0 fully saturated rings. The molecular formula is C10H6ClF3N2. The van der Waals surface area contributed by atoms with Crippen molar-refractivity contribution < 1.29 is 13.2 Å². The fraction of sp³-hybridized carbons (Fsp3) is 0.100. The van der Waals surface area contributed by atoms with Gasteiger partial charge in [-0.3, -0.25) is 0 Å². The number of aryl methyl sites for hydroxylation is 1. The quantitative estimate of drug-likeness (QED) is 0.558. The average molecular weight is 247 g/mol. The Morgan fingerprint density at radius 2 is 1.88 bits per heavy atom. The second kappa shape index (κ2) is 3.83. The van der Waals surface area contributed by atoms with Crippen molar-refractivity contribution in [1.29, 1.82) is 0 Å². The number of nitrogens with zero attached hydrogens (tertiary/aromatic N) is 2. The molecule has 1 aromatic heterocycles. The van der Waals surface area contributed by atoms with Crippen molar-refractivity contribution in [2.24, 2.45) is 0 Å². The fourth-order valence-corrected chi connectivity index (χ4v) is 1.46. The molecule has 0 saturated heterocycles. The van der Waals surface area contributed by atoms with E-state index in [-0.39, 0.29) is 5.69 Å². The summed E-state index contributed by atoms with van der Waals surface area (Å²) >= 11 is 5.42. The molecule has 16 heavy (non-hydrogen) atoms. The summed E-state index contributed by atoms with van der Waals surface area (Å²) in [6.07, 6.45) is 1.43. The van der Waals surface area contributed by atoms with Gasteiger partial charge >= 0.3 is 0 Å². The van der Waals surface area contributed by atoms with Gasteiger partial charge in [-0.05, 0) is 19.1 Å². The van der Waals surface area contributed by atoms with Crippen LogP contribution in [0.2, 0.25) is 5.02 Å². The molecule has 2 nitrogen and oxygen atoms in total. The number of hydrogen-bond acceptors (Lipinski definition) is 1. The maximum atomic E-state index is 13.4. The van der Waals surface area contributed by atoms with Gasteiger partial charge in [0.25, 0.3) is 0 Å². The van der Waals surface area contributed by atoms with E-state index in [0.29, 0.717) is 5.69 Å². The number of aromatic nitrogens is 2. The zero-order chi connectivity index (χ0) is 11.9. The van der Waals surface area contributed by atoms with Gasteiger partial charge in [0, 0.05) is 6.20 Å². The van der Waals surface area contributed by atoms with Crippen LogP contribution < -0.4 is 0 Å². The molecule has 0 radical (unpaired) electrons. The maximum Gasteiger partial charge on any atom is 0.198 e. The molecular weight excluding hydrogens is 241 g/mol. The van der Waals surface area contributed by atoms with Crippen LogP contribution in [-0.4, -0.2) is 9.78 Å². The highest BCUT2D eigenvalue weighted by Crippen LogP contribution is 2.25. The number of hydrogen-bond donors (Lipinski definition) is 0. The van der Waals surface area contributed by atoms with E-state index in [1.54, 1.807) is 13.0 Å². The van der Waals surface area contributed by atoms with Crippen molar-refractivity contribution in [3.63, 3.8) is 0 Å². The highest BCUT2D eigenvalue weighted by atomic mass is 35.5. The predicted molar refractivity (Wildman–Crippen MR) is 53.2 cm³/mol. The van der Waals surface area contributed by atoms with Gasteiger partial charge in [-0.25, -0.2) is 17.9 Å². The van der Waals surface area contributed by atoms with E-state index >= 15 is 0 Å². The van der Waals surface area contributed by atoms with Crippen LogP contribution in [0.1, 0.15) is 5.69 Å². The molecule has 0 amide bonds. The van der Waals surface area contributed by atoms with Gasteiger partial charge in [0.1, 0.15) is 5.69 Å². The van der Waals surface area contributed by atoms with Crippen molar-refractivity contribution >= 4 is 11.6 Å². The Kier molecular flexibility index (Phi) is 2.63. The minimum Gasteiger partial charge on any atom is -0.238 e. The zero-order valence-corrected chi connectivity index (χ0v) is 8.89. The molecule has 2 aromatic rings. The standard InChI is InChI=1S/C10H6ClF3N2/c1-5-2-3-16(15-5)7-4-6(11)8(12)10(14)9(7)13/h2-4H,1H3. The Morgan fingerprint density at radius 1 is 1.19 bits per heavy atom. The zero-order valence-electron chi connectivity index (χ0n) is 8.14. The van der Waals surface area contributed by atoms with Gasteiger partial charge in [-0.1, -0.05) is 11.6 Å². The van der Waals surface area contributed by atoms with Crippen LogP contribution in [0.25, 0.3) is 5.69 Å². The Labute approximate surface area is 94.3 Å². The molecule has 0 atom stereocenters. The molecule has 0 aliphatic carbocycles. The lowest BCUT2D eigenvalue weighted by Crippen LogP contribution is -2.03. The van der Waals surface area contributed by atoms with Crippen molar-refractivity contribution in [3.05, 3.63) is 46.5 Å². The number of rotatable bonds is 1. The Morgan fingerprint density at radius 3 is 2.44 bits per heavy atom.